The lowest BCUT2D eigenvalue weighted by Crippen LogP contribution is -2.36. The Kier molecular flexibility index (Phi) is 17.6. The van der Waals surface area contributed by atoms with Crippen LogP contribution in [0.3, 0.4) is 0 Å². The molecule has 0 spiro atoms. The van der Waals surface area contributed by atoms with Crippen molar-refractivity contribution in [3.05, 3.63) is 122 Å². The normalized spacial score (nSPS) is 17.2. The molecule has 2 heterocycles. The molecule has 2 atom stereocenters. The molecule has 1 unspecified atom stereocenters. The first kappa shape index (κ1) is 65.1. The Balaban J connectivity index is 1.62. The molecule has 0 saturated carbocycles. The van der Waals surface area contributed by atoms with Crippen molar-refractivity contribution in [3.63, 3.8) is 0 Å². The number of rotatable bonds is 11. The van der Waals surface area contributed by atoms with Crippen LogP contribution in [0.2, 0.25) is 0 Å². The summed E-state index contributed by atoms with van der Waals surface area (Å²) in [6.45, 7) is 55.8. The number of fused-ring (bicyclic) bond motifs is 1. The highest BCUT2D eigenvalue weighted by molar-refractivity contribution is 7.80. The van der Waals surface area contributed by atoms with E-state index in [2.05, 4.69) is 227 Å². The molecule has 3 aliphatic rings. The Labute approximate surface area is 510 Å². The molecule has 0 aromatic heterocycles. The zero-order valence-corrected chi connectivity index (χ0v) is 58.7. The molecular weight excluding hydrogens is 1080 g/mol. The van der Waals surface area contributed by atoms with Crippen LogP contribution in [0.25, 0.3) is 0 Å². The zero-order chi connectivity index (χ0) is 62.6. The van der Waals surface area contributed by atoms with Crippen LogP contribution >= 0.6 is 15.8 Å². The highest BCUT2D eigenvalue weighted by atomic mass is 31.1. The van der Waals surface area contributed by atoms with E-state index < -0.39 is 15.8 Å². The van der Waals surface area contributed by atoms with E-state index in [4.69, 9.17) is 37.9 Å². The minimum absolute atomic E-state index is 0.0351. The third-order valence-corrected chi connectivity index (χ3v) is 22.4. The van der Waals surface area contributed by atoms with E-state index in [1.807, 2.05) is 28.4 Å². The Bertz CT molecular complexity index is 3020. The van der Waals surface area contributed by atoms with Gasteiger partial charge in [0, 0.05) is 62.2 Å². The largest absolute Gasteiger partial charge is 0.496 e. The van der Waals surface area contributed by atoms with Crippen LogP contribution in [-0.2, 0) is 52.8 Å². The van der Waals surface area contributed by atoms with E-state index in [0.717, 1.165) is 64.4 Å². The monoisotopic (exact) mass is 1180 g/mol. The third-order valence-electron chi connectivity index (χ3n) is 17.1. The maximum Gasteiger partial charge on any atom is 0.231 e. The second-order valence-electron chi connectivity index (χ2n) is 32.0. The number of allylic oxidation sites excluding steroid dienone is 2. The number of hydrogen-bond acceptors (Lipinski definition) is 8. The van der Waals surface area contributed by atoms with Gasteiger partial charge in [0.25, 0.3) is 0 Å². The fourth-order valence-electron chi connectivity index (χ4n) is 12.8. The van der Waals surface area contributed by atoms with Crippen LogP contribution in [0, 0.1) is 0 Å². The van der Waals surface area contributed by atoms with Gasteiger partial charge in [0.1, 0.15) is 34.5 Å². The van der Waals surface area contributed by atoms with Crippen LogP contribution in [0.4, 0.5) is 0 Å². The number of hydrogen-bond donors (Lipinski definition) is 0. The van der Waals surface area contributed by atoms with Crippen LogP contribution in [-0.4, -0.2) is 47.7 Å². The van der Waals surface area contributed by atoms with Crippen molar-refractivity contribution in [1.29, 1.82) is 0 Å². The lowest BCUT2D eigenvalue weighted by atomic mass is 9.79. The van der Waals surface area contributed by atoms with Gasteiger partial charge < -0.3 is 37.9 Å². The molecule has 0 fully saturated rings. The lowest BCUT2D eigenvalue weighted by molar-refractivity contribution is 0.0675. The summed E-state index contributed by atoms with van der Waals surface area (Å²) < 4.78 is 53.5. The van der Waals surface area contributed by atoms with Gasteiger partial charge in [-0.05, 0) is 153 Å². The molecule has 458 valence electrons. The van der Waals surface area contributed by atoms with E-state index in [1.165, 1.54) is 71.0 Å². The smallest absolute Gasteiger partial charge is 0.231 e. The van der Waals surface area contributed by atoms with Gasteiger partial charge in [-0.15, -0.1) is 0 Å². The summed E-state index contributed by atoms with van der Waals surface area (Å²) in [4.78, 5) is 0. The highest BCUT2D eigenvalue weighted by Crippen LogP contribution is 2.61. The number of ether oxygens (including phenoxy) is 8. The zero-order valence-electron chi connectivity index (χ0n) is 56.9. The summed E-state index contributed by atoms with van der Waals surface area (Å²) in [5, 5.41) is 6.27. The molecule has 2 aliphatic heterocycles. The van der Waals surface area contributed by atoms with Gasteiger partial charge in [0.15, 0.2) is 11.5 Å². The molecule has 1 aliphatic carbocycles. The minimum atomic E-state index is -1.44. The molecule has 84 heavy (non-hydrogen) atoms. The topological polar surface area (TPSA) is 73.8 Å². The summed E-state index contributed by atoms with van der Waals surface area (Å²) in [7, 11) is 4.62. The Morgan fingerprint density at radius 2 is 0.690 bits per heavy atom. The molecule has 5 aromatic rings. The predicted octanol–water partition coefficient (Wildman–Crippen LogP) is 17.2. The van der Waals surface area contributed by atoms with Gasteiger partial charge in [-0.3, -0.25) is 0 Å². The summed E-state index contributed by atoms with van der Waals surface area (Å²) in [5.74, 6) is 6.79. The van der Waals surface area contributed by atoms with E-state index in [9.17, 15) is 0 Å². The van der Waals surface area contributed by atoms with Crippen LogP contribution < -0.4 is 54.9 Å². The first-order valence-corrected chi connectivity index (χ1v) is 33.3. The molecule has 0 amide bonds. The van der Waals surface area contributed by atoms with Gasteiger partial charge in [0.05, 0.1) is 34.4 Å². The molecular formula is C74H104O8P2. The van der Waals surface area contributed by atoms with E-state index >= 15 is 0 Å². The lowest BCUT2D eigenvalue weighted by Gasteiger charge is -2.41. The van der Waals surface area contributed by atoms with Crippen molar-refractivity contribution in [2.45, 2.75) is 234 Å². The second-order valence-corrected chi connectivity index (χ2v) is 36.6. The first-order chi connectivity index (χ1) is 38.6. The Morgan fingerprint density at radius 3 is 1.00 bits per heavy atom. The summed E-state index contributed by atoms with van der Waals surface area (Å²) >= 11 is 0. The van der Waals surface area contributed by atoms with Gasteiger partial charge in [-0.1, -0.05) is 166 Å². The van der Waals surface area contributed by atoms with Crippen LogP contribution in [0.5, 0.6) is 34.5 Å². The standard InChI is InChI=1S/C74H104O8P2/c1-67(2,3)47-33-43(34-48(61(47)75-25)68(4,5)6)83(44-35-49(69(7,8)9)62(76-26)50(36-44)70(10,11)12)57-31-29-55-65(81-41-79-55)59(57)60-58(32-30-56-66(60)82-42-80-56)84(45-37-51(71(13,14)15)63(77-27)52(38-45)72(16,17)18)46-39-53(73(19,20)21)64(78-28)54(40-46)74(22,23)24/h29,31,33-40,58,60H,30,32,41-42H2,1-28H3/t58?,60-/m0/s1. The average Bonchev–Trinajstić information content (AvgIpc) is 1.29. The van der Waals surface area contributed by atoms with Gasteiger partial charge in [0.2, 0.25) is 13.6 Å². The number of methoxy groups -OCH3 is 4. The van der Waals surface area contributed by atoms with Gasteiger partial charge in [-0.2, -0.15) is 0 Å². The quantitative estimate of drug-likeness (QED) is 0.121. The van der Waals surface area contributed by atoms with Crippen molar-refractivity contribution in [1.82, 2.24) is 0 Å². The van der Waals surface area contributed by atoms with Crippen molar-refractivity contribution in [3.8, 4) is 34.5 Å². The summed E-state index contributed by atoms with van der Waals surface area (Å²) in [6.07, 6.45) is 1.57. The fourth-order valence-corrected chi connectivity index (χ4v) is 18.5. The van der Waals surface area contributed by atoms with E-state index in [1.54, 1.807) is 0 Å². The highest BCUT2D eigenvalue weighted by Gasteiger charge is 2.49. The van der Waals surface area contributed by atoms with Crippen molar-refractivity contribution < 1.29 is 37.9 Å². The van der Waals surface area contributed by atoms with E-state index in [0.29, 0.717) is 0 Å². The van der Waals surface area contributed by atoms with Crippen LogP contribution in [0.15, 0.2) is 72.2 Å². The summed E-state index contributed by atoms with van der Waals surface area (Å²) in [5.41, 5.74) is 8.48. The molecule has 8 nitrogen and oxygen atoms in total. The first-order valence-electron chi connectivity index (χ1n) is 30.5. The minimum Gasteiger partial charge on any atom is -0.496 e. The van der Waals surface area contributed by atoms with Gasteiger partial charge in [-0.25, -0.2) is 0 Å². The SMILES string of the molecule is COc1c(C(C)(C)C)cc(P(c2cc(C(C)(C)C)c(OC)c(C(C)(C)C)c2)c2ccc3c(c2[C@H]2C4=C(CCC2P(c2cc(C(C)(C)C)c(OC)c(C(C)(C)C)c2)c2cc(C(C)(C)C)c(OC)c(C(C)(C)C)c2)OCO4)OCO3)cc1C(C)(C)C. The maximum absolute atomic E-state index is 7.09. The molecule has 0 N–H and O–H groups in total. The molecule has 5 aromatic carbocycles. The molecule has 0 bridgehead atoms. The summed E-state index contributed by atoms with van der Waals surface area (Å²) in [6, 6.07) is 24.4. The Morgan fingerprint density at radius 1 is 0.381 bits per heavy atom. The second kappa shape index (κ2) is 22.7. The third kappa shape index (κ3) is 12.5. The van der Waals surface area contributed by atoms with Gasteiger partial charge >= 0.3 is 0 Å². The van der Waals surface area contributed by atoms with Crippen molar-refractivity contribution in [2.24, 2.45) is 0 Å². The van der Waals surface area contributed by atoms with Crippen molar-refractivity contribution >= 4 is 42.4 Å². The molecule has 0 radical (unpaired) electrons. The average molecular weight is 1180 g/mol. The number of benzene rings is 5. The maximum atomic E-state index is 7.09. The molecule has 0 saturated heterocycles. The van der Waals surface area contributed by atoms with E-state index in [-0.39, 0.29) is 68.5 Å². The fraction of sp³-hybridized carbons (Fsp3) is 0.568. The Hall–Kier alpha value is -4.90. The van der Waals surface area contributed by atoms with Crippen LogP contribution in [0.1, 0.15) is 235 Å². The molecule has 10 heteroatoms. The van der Waals surface area contributed by atoms with Crippen molar-refractivity contribution in [2.75, 3.05) is 42.0 Å². The predicted molar refractivity (Wildman–Crippen MR) is 356 cm³/mol. The molecule has 8 rings (SSSR count).